The van der Waals surface area contributed by atoms with Gasteiger partial charge in [-0.2, -0.15) is 0 Å². The van der Waals surface area contributed by atoms with Gasteiger partial charge in [0.2, 0.25) is 5.91 Å². The first kappa shape index (κ1) is 18.7. The molecule has 1 N–H and O–H groups in total. The first-order valence-electron chi connectivity index (χ1n) is 8.25. The highest BCUT2D eigenvalue weighted by Crippen LogP contribution is 2.24. The minimum atomic E-state index is -0.530. The highest BCUT2D eigenvalue weighted by Gasteiger charge is 2.22. The molecule has 0 aliphatic heterocycles. The van der Waals surface area contributed by atoms with E-state index >= 15 is 0 Å². The monoisotopic (exact) mass is 434 g/mol. The van der Waals surface area contributed by atoms with Crippen molar-refractivity contribution in [2.45, 2.75) is 25.9 Å². The summed E-state index contributed by atoms with van der Waals surface area (Å²) >= 11 is 4.76. The van der Waals surface area contributed by atoms with Crippen molar-refractivity contribution in [1.82, 2.24) is 9.27 Å². The van der Waals surface area contributed by atoms with Crippen LogP contribution in [-0.2, 0) is 11.3 Å². The largest absolute Gasteiger partial charge is 0.496 e. The van der Waals surface area contributed by atoms with Crippen LogP contribution in [0.25, 0.3) is 10.1 Å². The molecular formula is C19H19BrN2O3S. The predicted octanol–water partition coefficient (Wildman–Crippen LogP) is 4.10. The number of halogens is 1. The molecule has 2 aromatic carbocycles. The number of aromatic nitrogens is 1. The number of amides is 1. The summed E-state index contributed by atoms with van der Waals surface area (Å²) in [6, 6.07) is 12.5. The van der Waals surface area contributed by atoms with E-state index in [0.29, 0.717) is 24.1 Å². The van der Waals surface area contributed by atoms with Gasteiger partial charge < -0.3 is 10.1 Å². The quantitative estimate of drug-likeness (QED) is 0.634. The van der Waals surface area contributed by atoms with Crippen molar-refractivity contribution in [3.8, 4) is 5.75 Å². The normalized spacial score (nSPS) is 12.1. The van der Waals surface area contributed by atoms with Gasteiger partial charge in [0, 0.05) is 16.6 Å². The van der Waals surface area contributed by atoms with E-state index in [4.69, 9.17) is 4.74 Å². The Balaban J connectivity index is 1.82. The summed E-state index contributed by atoms with van der Waals surface area (Å²) in [5, 5.41) is 3.58. The van der Waals surface area contributed by atoms with E-state index in [2.05, 4.69) is 21.2 Å². The number of methoxy groups -OCH3 is 1. The maximum Gasteiger partial charge on any atom is 0.269 e. The summed E-state index contributed by atoms with van der Waals surface area (Å²) in [6.07, 6.45) is 0.536. The number of carbonyl (C=O) groups is 1. The van der Waals surface area contributed by atoms with Gasteiger partial charge in [0.05, 0.1) is 17.2 Å². The van der Waals surface area contributed by atoms with Crippen LogP contribution in [0.3, 0.4) is 0 Å². The van der Waals surface area contributed by atoms with Gasteiger partial charge in [0.25, 0.3) is 5.56 Å². The Morgan fingerprint density at radius 3 is 2.77 bits per heavy atom. The molecule has 3 rings (SSSR count). The summed E-state index contributed by atoms with van der Waals surface area (Å²) < 4.78 is 8.70. The van der Waals surface area contributed by atoms with Gasteiger partial charge in [-0.1, -0.05) is 46.5 Å². The number of nitrogens with zero attached hydrogens (tertiary/aromatic N) is 1. The van der Waals surface area contributed by atoms with Crippen molar-refractivity contribution in [3.63, 3.8) is 0 Å². The minimum absolute atomic E-state index is 0.118. The zero-order chi connectivity index (χ0) is 18.7. The molecule has 0 unspecified atom stereocenters. The first-order chi connectivity index (χ1) is 12.5. The van der Waals surface area contributed by atoms with E-state index in [0.717, 1.165) is 14.7 Å². The van der Waals surface area contributed by atoms with E-state index in [1.54, 1.807) is 17.1 Å². The Hall–Kier alpha value is -2.12. The van der Waals surface area contributed by atoms with E-state index in [1.807, 2.05) is 43.3 Å². The summed E-state index contributed by atoms with van der Waals surface area (Å²) in [5.74, 6) is 0.531. The fourth-order valence-corrected chi connectivity index (χ4v) is 4.40. The number of hydrogen-bond donors (Lipinski definition) is 1. The predicted molar refractivity (Wildman–Crippen MR) is 108 cm³/mol. The highest BCUT2D eigenvalue weighted by molar-refractivity contribution is 9.10. The second-order valence-electron chi connectivity index (χ2n) is 5.82. The van der Waals surface area contributed by atoms with Gasteiger partial charge >= 0.3 is 0 Å². The molecule has 0 spiro atoms. The topological polar surface area (TPSA) is 60.3 Å². The highest BCUT2D eigenvalue weighted by atomic mass is 79.9. The number of rotatable bonds is 6. The van der Waals surface area contributed by atoms with E-state index in [1.165, 1.54) is 11.5 Å². The van der Waals surface area contributed by atoms with E-state index in [-0.39, 0.29) is 11.5 Å². The molecule has 136 valence electrons. The fourth-order valence-electron chi connectivity index (χ4n) is 2.84. The van der Waals surface area contributed by atoms with Crippen molar-refractivity contribution < 1.29 is 9.53 Å². The summed E-state index contributed by atoms with van der Waals surface area (Å²) in [6.45, 7) is 2.23. The van der Waals surface area contributed by atoms with Crippen molar-refractivity contribution in [1.29, 1.82) is 0 Å². The Labute approximate surface area is 163 Å². The van der Waals surface area contributed by atoms with Crippen molar-refractivity contribution in [3.05, 3.63) is 62.9 Å². The summed E-state index contributed by atoms with van der Waals surface area (Å²) in [7, 11) is 1.60. The molecule has 3 aromatic rings. The zero-order valence-electron chi connectivity index (χ0n) is 14.5. The zero-order valence-corrected chi connectivity index (χ0v) is 16.9. The van der Waals surface area contributed by atoms with Crippen LogP contribution in [0, 0.1) is 0 Å². The third kappa shape index (κ3) is 3.68. The molecule has 1 heterocycles. The Morgan fingerprint density at radius 2 is 2.08 bits per heavy atom. The number of benzene rings is 2. The summed E-state index contributed by atoms with van der Waals surface area (Å²) in [5.41, 5.74) is 0.751. The molecule has 26 heavy (non-hydrogen) atoms. The molecule has 1 aromatic heterocycles. The van der Waals surface area contributed by atoms with Gasteiger partial charge in [-0.15, -0.1) is 0 Å². The molecular weight excluding hydrogens is 416 g/mol. The molecule has 0 aliphatic carbocycles. The molecule has 0 bridgehead atoms. The molecule has 1 amide bonds. The van der Waals surface area contributed by atoms with Crippen LogP contribution in [-0.4, -0.2) is 17.0 Å². The second kappa shape index (κ2) is 8.05. The maximum atomic E-state index is 12.7. The van der Waals surface area contributed by atoms with Gasteiger partial charge in [-0.25, -0.2) is 0 Å². The van der Waals surface area contributed by atoms with Crippen LogP contribution in [0.15, 0.2) is 51.7 Å². The number of nitrogens with one attached hydrogen (secondary N) is 1. The van der Waals surface area contributed by atoms with Crippen LogP contribution in [0.5, 0.6) is 5.75 Å². The van der Waals surface area contributed by atoms with Crippen molar-refractivity contribution >= 4 is 43.5 Å². The Bertz CT molecular complexity index is 996. The van der Waals surface area contributed by atoms with Crippen LogP contribution in [0.2, 0.25) is 0 Å². The minimum Gasteiger partial charge on any atom is -0.496 e. The molecule has 0 aliphatic rings. The van der Waals surface area contributed by atoms with Gasteiger partial charge in [0.1, 0.15) is 11.8 Å². The number of fused-ring (bicyclic) bond motifs is 1. The lowest BCUT2D eigenvalue weighted by atomic mass is 10.1. The van der Waals surface area contributed by atoms with Crippen LogP contribution in [0.4, 0.5) is 0 Å². The fraction of sp³-hybridized carbons (Fsp3) is 0.263. The lowest BCUT2D eigenvalue weighted by Crippen LogP contribution is -2.34. The number of carbonyl (C=O) groups excluding carboxylic acids is 1. The van der Waals surface area contributed by atoms with Crippen molar-refractivity contribution in [2.24, 2.45) is 0 Å². The van der Waals surface area contributed by atoms with E-state index < -0.39 is 6.04 Å². The van der Waals surface area contributed by atoms with Gasteiger partial charge in [-0.05, 0) is 36.8 Å². The molecule has 0 saturated carbocycles. The summed E-state index contributed by atoms with van der Waals surface area (Å²) in [4.78, 5) is 25.4. The van der Waals surface area contributed by atoms with Crippen LogP contribution in [0.1, 0.15) is 24.9 Å². The molecule has 7 heteroatoms. The lowest BCUT2D eigenvalue weighted by Gasteiger charge is -2.16. The molecule has 0 fully saturated rings. The van der Waals surface area contributed by atoms with Crippen LogP contribution < -0.4 is 15.6 Å². The van der Waals surface area contributed by atoms with Crippen molar-refractivity contribution in [2.75, 3.05) is 7.11 Å². The molecule has 0 radical (unpaired) electrons. The second-order valence-corrected chi connectivity index (χ2v) is 7.75. The van der Waals surface area contributed by atoms with Gasteiger partial charge in [-0.3, -0.25) is 13.5 Å². The smallest absolute Gasteiger partial charge is 0.269 e. The third-order valence-electron chi connectivity index (χ3n) is 4.18. The lowest BCUT2D eigenvalue weighted by molar-refractivity contribution is -0.124. The molecule has 0 saturated heterocycles. The van der Waals surface area contributed by atoms with E-state index in [9.17, 15) is 9.59 Å². The Morgan fingerprint density at radius 1 is 1.31 bits per heavy atom. The molecule has 1 atom stereocenters. The average molecular weight is 435 g/mol. The molecule has 5 nitrogen and oxygen atoms in total. The standard InChI is InChI=1S/C19H19BrN2O3S/c1-3-15(22-19(24)14-6-4-5-7-17(14)26-22)18(23)21-11-12-10-13(20)8-9-16(12)25-2/h4-10,15H,3,11H2,1-2H3,(H,21,23)/t15-/m1/s1. The first-order valence-corrected chi connectivity index (χ1v) is 9.82. The maximum absolute atomic E-state index is 12.7. The SMILES string of the molecule is CC[C@H](C(=O)NCc1cc(Br)ccc1OC)n1sc2ccccc2c1=O. The number of ether oxygens (including phenoxy) is 1. The third-order valence-corrected chi connectivity index (χ3v) is 5.85. The average Bonchev–Trinajstić information content (AvgIpc) is 2.98. The Kier molecular flexibility index (Phi) is 5.78. The number of hydrogen-bond acceptors (Lipinski definition) is 4. The van der Waals surface area contributed by atoms with Crippen LogP contribution >= 0.6 is 27.5 Å². The van der Waals surface area contributed by atoms with Gasteiger partial charge in [0.15, 0.2) is 0 Å².